The number of hydrogen-bond donors (Lipinski definition) is 0. The van der Waals surface area contributed by atoms with Crippen LogP contribution in [0.2, 0.25) is 0 Å². The lowest BCUT2D eigenvalue weighted by atomic mass is 10.0. The van der Waals surface area contributed by atoms with E-state index in [0.29, 0.717) is 5.56 Å². The molecule has 4 aromatic heterocycles. The molecule has 6 aromatic carbocycles. The van der Waals surface area contributed by atoms with Gasteiger partial charge in [-0.2, -0.15) is 5.26 Å². The zero-order chi connectivity index (χ0) is 31.1. The number of pyridine rings is 1. The first kappa shape index (κ1) is 26.0. The Kier molecular flexibility index (Phi) is 5.48. The van der Waals surface area contributed by atoms with E-state index < -0.39 is 0 Å². The summed E-state index contributed by atoms with van der Waals surface area (Å²) in [4.78, 5) is 4.89. The summed E-state index contributed by atoms with van der Waals surface area (Å²) in [7, 11) is 0. The molecule has 0 bridgehead atoms. The summed E-state index contributed by atoms with van der Waals surface area (Å²) in [5.74, 6) is 0. The standard InChI is InChI=1S/C42H24N4S/c43-25-26-19-28(22-30(20-26)45-37-15-4-1-11-31(37)32-12-2-5-16-38(32)45)27-9-7-10-29(21-27)46-39-23-36-33-13-3-6-17-40(33)47-41(36)24-35(39)34-14-8-18-44-42(34)46/h1-24H. The van der Waals surface area contributed by atoms with Crippen molar-refractivity contribution in [1.82, 2.24) is 14.1 Å². The van der Waals surface area contributed by atoms with E-state index in [2.05, 4.69) is 137 Å². The Morgan fingerprint density at radius 3 is 2.02 bits per heavy atom. The number of thiophene rings is 1. The first-order valence-electron chi connectivity index (χ1n) is 15.6. The first-order valence-corrected chi connectivity index (χ1v) is 16.4. The average molecular weight is 617 g/mol. The molecule has 10 aromatic rings. The van der Waals surface area contributed by atoms with Crippen LogP contribution in [0.1, 0.15) is 5.56 Å². The molecule has 0 radical (unpaired) electrons. The van der Waals surface area contributed by atoms with Crippen LogP contribution in [0.15, 0.2) is 146 Å². The van der Waals surface area contributed by atoms with E-state index >= 15 is 0 Å². The number of nitriles is 1. The molecular formula is C42H24N4S. The minimum atomic E-state index is 0.620. The molecule has 0 saturated heterocycles. The molecule has 0 atom stereocenters. The molecule has 0 fully saturated rings. The SMILES string of the molecule is N#Cc1cc(-c2cccc(-n3c4cc5c(cc4c4cccnc43)sc3ccccc35)c2)cc(-n2c3ccccc3c3ccccc32)c1. The number of nitrogens with zero attached hydrogens (tertiary/aromatic N) is 4. The molecule has 0 aliphatic heterocycles. The van der Waals surface area contributed by atoms with Crippen molar-refractivity contribution in [3.63, 3.8) is 0 Å². The van der Waals surface area contributed by atoms with Crippen LogP contribution in [0.4, 0.5) is 0 Å². The first-order chi connectivity index (χ1) is 23.2. The van der Waals surface area contributed by atoms with Crippen LogP contribution in [0, 0.1) is 11.3 Å². The lowest BCUT2D eigenvalue weighted by molar-refractivity contribution is 1.14. The maximum atomic E-state index is 10.2. The maximum Gasteiger partial charge on any atom is 0.145 e. The van der Waals surface area contributed by atoms with Crippen LogP contribution in [0.5, 0.6) is 0 Å². The van der Waals surface area contributed by atoms with Gasteiger partial charge in [0.25, 0.3) is 0 Å². The number of hydrogen-bond acceptors (Lipinski definition) is 3. The lowest BCUT2D eigenvalue weighted by Crippen LogP contribution is -1.97. The second-order valence-corrected chi connectivity index (χ2v) is 13.1. The summed E-state index contributed by atoms with van der Waals surface area (Å²) in [6.45, 7) is 0. The highest BCUT2D eigenvalue weighted by molar-refractivity contribution is 7.25. The van der Waals surface area contributed by atoms with Gasteiger partial charge in [-0.25, -0.2) is 4.98 Å². The van der Waals surface area contributed by atoms with E-state index in [1.54, 1.807) is 0 Å². The highest BCUT2D eigenvalue weighted by Crippen LogP contribution is 2.41. The second kappa shape index (κ2) is 9.89. The van der Waals surface area contributed by atoms with Gasteiger partial charge in [-0.05, 0) is 83.9 Å². The zero-order valence-corrected chi connectivity index (χ0v) is 25.9. The summed E-state index contributed by atoms with van der Waals surface area (Å²) in [6, 6.07) is 51.6. The Morgan fingerprint density at radius 2 is 1.21 bits per heavy atom. The third-order valence-electron chi connectivity index (χ3n) is 9.35. The van der Waals surface area contributed by atoms with Gasteiger partial charge in [0.2, 0.25) is 0 Å². The van der Waals surface area contributed by atoms with Gasteiger partial charge in [0.15, 0.2) is 0 Å². The molecule has 0 unspecified atom stereocenters. The molecule has 5 heteroatoms. The Morgan fingerprint density at radius 1 is 0.489 bits per heavy atom. The molecule has 4 nitrogen and oxygen atoms in total. The van der Waals surface area contributed by atoms with Gasteiger partial charge in [-0.3, -0.25) is 4.57 Å². The van der Waals surface area contributed by atoms with Gasteiger partial charge in [0.1, 0.15) is 5.65 Å². The average Bonchev–Trinajstić information content (AvgIpc) is 3.78. The Bertz CT molecular complexity index is 2880. The molecule has 0 N–H and O–H groups in total. The van der Waals surface area contributed by atoms with Crippen molar-refractivity contribution in [2.24, 2.45) is 0 Å². The van der Waals surface area contributed by atoms with E-state index in [1.165, 1.54) is 36.3 Å². The van der Waals surface area contributed by atoms with Gasteiger partial charge in [-0.1, -0.05) is 66.7 Å². The van der Waals surface area contributed by atoms with E-state index in [1.807, 2.05) is 35.7 Å². The van der Waals surface area contributed by atoms with Gasteiger partial charge in [-0.15, -0.1) is 11.3 Å². The minimum Gasteiger partial charge on any atom is -0.309 e. The molecule has 0 spiro atoms. The normalized spacial score (nSPS) is 11.8. The van der Waals surface area contributed by atoms with Crippen molar-refractivity contribution in [2.45, 2.75) is 0 Å². The number of benzene rings is 6. The molecule has 0 aliphatic carbocycles. The van der Waals surface area contributed by atoms with Gasteiger partial charge in [0, 0.05) is 59.3 Å². The molecule has 0 amide bonds. The summed E-state index contributed by atoms with van der Waals surface area (Å²) in [5, 5.41) is 17.4. The maximum absolute atomic E-state index is 10.2. The summed E-state index contributed by atoms with van der Waals surface area (Å²) >= 11 is 1.84. The third kappa shape index (κ3) is 3.83. The van der Waals surface area contributed by atoms with Crippen molar-refractivity contribution >= 4 is 75.3 Å². The molecule has 10 rings (SSSR count). The Labute approximate surface area is 273 Å². The quantitative estimate of drug-likeness (QED) is 0.198. The second-order valence-electron chi connectivity index (χ2n) is 12.0. The van der Waals surface area contributed by atoms with E-state index in [9.17, 15) is 5.26 Å². The van der Waals surface area contributed by atoms with Crippen LogP contribution in [0.3, 0.4) is 0 Å². The Hall–Kier alpha value is -6.22. The van der Waals surface area contributed by atoms with Crippen LogP contribution in [-0.2, 0) is 0 Å². The molecule has 47 heavy (non-hydrogen) atoms. The summed E-state index contributed by atoms with van der Waals surface area (Å²) in [6.07, 6.45) is 1.87. The third-order valence-corrected chi connectivity index (χ3v) is 10.5. The van der Waals surface area contributed by atoms with Crippen molar-refractivity contribution in [3.8, 4) is 28.6 Å². The van der Waals surface area contributed by atoms with Crippen molar-refractivity contribution in [3.05, 3.63) is 151 Å². The van der Waals surface area contributed by atoms with Crippen molar-refractivity contribution in [1.29, 1.82) is 5.26 Å². The topological polar surface area (TPSA) is 46.5 Å². The highest BCUT2D eigenvalue weighted by Gasteiger charge is 2.18. The van der Waals surface area contributed by atoms with Crippen molar-refractivity contribution < 1.29 is 0 Å². The molecule has 0 aliphatic rings. The minimum absolute atomic E-state index is 0.620. The monoisotopic (exact) mass is 616 g/mol. The highest BCUT2D eigenvalue weighted by atomic mass is 32.1. The predicted molar refractivity (Wildman–Crippen MR) is 196 cm³/mol. The fourth-order valence-corrected chi connectivity index (χ4v) is 8.45. The smallest absolute Gasteiger partial charge is 0.145 e. The fourth-order valence-electron chi connectivity index (χ4n) is 7.32. The van der Waals surface area contributed by atoms with Crippen LogP contribution in [0.25, 0.3) is 86.4 Å². The lowest BCUT2D eigenvalue weighted by Gasteiger charge is -2.13. The number of rotatable bonds is 3. The van der Waals surface area contributed by atoms with Gasteiger partial charge < -0.3 is 4.57 Å². The largest absolute Gasteiger partial charge is 0.309 e. The van der Waals surface area contributed by atoms with E-state index in [-0.39, 0.29) is 0 Å². The van der Waals surface area contributed by atoms with E-state index in [0.717, 1.165) is 50.1 Å². The zero-order valence-electron chi connectivity index (χ0n) is 25.1. The summed E-state index contributed by atoms with van der Waals surface area (Å²) < 4.78 is 7.12. The molecule has 218 valence electrons. The van der Waals surface area contributed by atoms with Crippen LogP contribution >= 0.6 is 11.3 Å². The molecule has 0 saturated carbocycles. The van der Waals surface area contributed by atoms with Gasteiger partial charge >= 0.3 is 0 Å². The fraction of sp³-hybridized carbons (Fsp3) is 0. The molecule has 4 heterocycles. The Balaban J connectivity index is 1.20. The van der Waals surface area contributed by atoms with E-state index in [4.69, 9.17) is 4.98 Å². The van der Waals surface area contributed by atoms with Gasteiger partial charge in [0.05, 0.1) is 28.2 Å². The van der Waals surface area contributed by atoms with Crippen LogP contribution < -0.4 is 0 Å². The predicted octanol–water partition coefficient (Wildman–Crippen LogP) is 11.2. The van der Waals surface area contributed by atoms with Crippen LogP contribution in [-0.4, -0.2) is 14.1 Å². The number of fused-ring (bicyclic) bond motifs is 9. The van der Waals surface area contributed by atoms with Crippen molar-refractivity contribution in [2.75, 3.05) is 0 Å². The number of para-hydroxylation sites is 2. The molecular weight excluding hydrogens is 593 g/mol. The summed E-state index contributed by atoms with van der Waals surface area (Å²) in [5.41, 5.74) is 8.93. The number of aromatic nitrogens is 3.